The third-order valence-corrected chi connectivity index (χ3v) is 4.90. The van der Waals surface area contributed by atoms with Crippen molar-refractivity contribution in [3.8, 4) is 0 Å². The van der Waals surface area contributed by atoms with Crippen LogP contribution < -0.4 is 10.6 Å². The van der Waals surface area contributed by atoms with Crippen LogP contribution in [0, 0.1) is 0 Å². The molecule has 0 spiro atoms. The SMILES string of the molecule is CC(NC(=O)C=Cc1ccccc1)C(=O)NCC(c1ccco1)N1CCCC1. The van der Waals surface area contributed by atoms with Gasteiger partial charge < -0.3 is 15.1 Å². The van der Waals surface area contributed by atoms with E-state index in [2.05, 4.69) is 15.5 Å². The summed E-state index contributed by atoms with van der Waals surface area (Å²) >= 11 is 0. The molecule has 2 aromatic rings. The second-order valence-electron chi connectivity index (χ2n) is 6.99. The Kier molecular flexibility index (Phi) is 7.03. The molecule has 2 amide bonds. The van der Waals surface area contributed by atoms with Gasteiger partial charge in [-0.1, -0.05) is 30.3 Å². The van der Waals surface area contributed by atoms with Crippen LogP contribution >= 0.6 is 0 Å². The highest BCUT2D eigenvalue weighted by molar-refractivity contribution is 5.95. The summed E-state index contributed by atoms with van der Waals surface area (Å²) < 4.78 is 5.57. The number of likely N-dealkylation sites (tertiary alicyclic amines) is 1. The molecule has 1 saturated heterocycles. The lowest BCUT2D eigenvalue weighted by molar-refractivity contribution is -0.126. The van der Waals surface area contributed by atoms with Crippen LogP contribution in [0.5, 0.6) is 0 Å². The molecular weight excluding hydrogens is 354 g/mol. The predicted molar refractivity (Wildman–Crippen MR) is 108 cm³/mol. The summed E-state index contributed by atoms with van der Waals surface area (Å²) in [5, 5.41) is 5.65. The smallest absolute Gasteiger partial charge is 0.244 e. The normalized spacial score (nSPS) is 16.8. The van der Waals surface area contributed by atoms with E-state index in [1.807, 2.05) is 42.5 Å². The fraction of sp³-hybridized carbons (Fsp3) is 0.364. The maximum absolute atomic E-state index is 12.4. The van der Waals surface area contributed by atoms with Crippen LogP contribution in [0.2, 0.25) is 0 Å². The van der Waals surface area contributed by atoms with E-state index in [0.717, 1.165) is 37.3 Å². The number of carbonyl (C=O) groups is 2. The van der Waals surface area contributed by atoms with E-state index in [-0.39, 0.29) is 17.9 Å². The van der Waals surface area contributed by atoms with Gasteiger partial charge in [-0.2, -0.15) is 0 Å². The van der Waals surface area contributed by atoms with Gasteiger partial charge in [0.1, 0.15) is 11.8 Å². The highest BCUT2D eigenvalue weighted by atomic mass is 16.3. The van der Waals surface area contributed by atoms with Gasteiger partial charge in [-0.15, -0.1) is 0 Å². The van der Waals surface area contributed by atoms with Crippen LogP contribution in [0.15, 0.2) is 59.2 Å². The standard InChI is InChI=1S/C22H27N3O3/c1-17(24-21(26)12-11-18-8-3-2-4-9-18)22(27)23-16-19(20-10-7-15-28-20)25-13-5-6-14-25/h2-4,7-12,15,17,19H,5-6,13-14,16H2,1H3,(H,23,27)(H,24,26). The minimum atomic E-state index is -0.622. The molecule has 1 aliphatic heterocycles. The van der Waals surface area contributed by atoms with E-state index < -0.39 is 6.04 Å². The molecule has 3 rings (SSSR count). The number of rotatable bonds is 8. The first-order chi connectivity index (χ1) is 13.6. The van der Waals surface area contributed by atoms with Crippen LogP contribution in [0.3, 0.4) is 0 Å². The molecule has 6 heteroatoms. The van der Waals surface area contributed by atoms with Gasteiger partial charge in [0.15, 0.2) is 0 Å². The molecule has 28 heavy (non-hydrogen) atoms. The summed E-state index contributed by atoms with van der Waals surface area (Å²) in [7, 11) is 0. The minimum Gasteiger partial charge on any atom is -0.468 e. The zero-order valence-electron chi connectivity index (χ0n) is 16.1. The summed E-state index contributed by atoms with van der Waals surface area (Å²) in [5.41, 5.74) is 0.932. The Labute approximate surface area is 165 Å². The van der Waals surface area contributed by atoms with Gasteiger partial charge in [-0.25, -0.2) is 0 Å². The lowest BCUT2D eigenvalue weighted by Gasteiger charge is -2.26. The number of benzene rings is 1. The van der Waals surface area contributed by atoms with Crippen molar-refractivity contribution in [2.45, 2.75) is 31.8 Å². The Balaban J connectivity index is 1.50. The van der Waals surface area contributed by atoms with Crippen molar-refractivity contribution in [1.29, 1.82) is 0 Å². The maximum atomic E-state index is 12.4. The Morgan fingerprint density at radius 3 is 2.57 bits per heavy atom. The number of hydrogen-bond donors (Lipinski definition) is 2. The third-order valence-electron chi connectivity index (χ3n) is 4.90. The molecule has 2 N–H and O–H groups in total. The van der Waals surface area contributed by atoms with Crippen molar-refractivity contribution in [3.05, 3.63) is 66.1 Å². The summed E-state index contributed by atoms with van der Waals surface area (Å²) in [4.78, 5) is 26.8. The predicted octanol–water partition coefficient (Wildman–Crippen LogP) is 2.75. The fourth-order valence-electron chi connectivity index (χ4n) is 3.36. The van der Waals surface area contributed by atoms with Gasteiger partial charge in [-0.3, -0.25) is 14.5 Å². The molecule has 0 radical (unpaired) electrons. The number of furan rings is 1. The molecule has 6 nitrogen and oxygen atoms in total. The minimum absolute atomic E-state index is 0.0160. The summed E-state index contributed by atoms with van der Waals surface area (Å²) in [6, 6.07) is 12.7. The molecular formula is C22H27N3O3. The van der Waals surface area contributed by atoms with Crippen molar-refractivity contribution < 1.29 is 14.0 Å². The largest absolute Gasteiger partial charge is 0.468 e. The summed E-state index contributed by atoms with van der Waals surface area (Å²) in [6.07, 6.45) is 7.13. The van der Waals surface area contributed by atoms with E-state index in [1.165, 1.54) is 6.08 Å². The van der Waals surface area contributed by atoms with Crippen LogP contribution in [0.25, 0.3) is 6.08 Å². The van der Waals surface area contributed by atoms with Crippen molar-refractivity contribution in [1.82, 2.24) is 15.5 Å². The highest BCUT2D eigenvalue weighted by Gasteiger charge is 2.26. The van der Waals surface area contributed by atoms with E-state index in [0.29, 0.717) is 6.54 Å². The van der Waals surface area contributed by atoms with E-state index in [1.54, 1.807) is 19.3 Å². The second kappa shape index (κ2) is 9.90. The molecule has 148 valence electrons. The fourth-order valence-corrected chi connectivity index (χ4v) is 3.36. The molecule has 1 aliphatic rings. The number of hydrogen-bond acceptors (Lipinski definition) is 4. The molecule has 1 aromatic heterocycles. The molecule has 2 unspecified atom stereocenters. The average Bonchev–Trinajstić information content (AvgIpc) is 3.42. The van der Waals surface area contributed by atoms with Crippen LogP contribution in [-0.2, 0) is 9.59 Å². The maximum Gasteiger partial charge on any atom is 0.244 e. The second-order valence-corrected chi connectivity index (χ2v) is 6.99. The first kappa shape index (κ1) is 19.9. The van der Waals surface area contributed by atoms with Crippen LogP contribution in [-0.4, -0.2) is 42.4 Å². The Morgan fingerprint density at radius 1 is 1.14 bits per heavy atom. The first-order valence-electron chi connectivity index (χ1n) is 9.72. The van der Waals surface area contributed by atoms with Crippen molar-refractivity contribution >= 4 is 17.9 Å². The van der Waals surface area contributed by atoms with E-state index in [4.69, 9.17) is 4.42 Å². The quantitative estimate of drug-likeness (QED) is 0.690. The average molecular weight is 381 g/mol. The van der Waals surface area contributed by atoms with Crippen molar-refractivity contribution in [2.75, 3.05) is 19.6 Å². The lowest BCUT2D eigenvalue weighted by Crippen LogP contribution is -2.46. The van der Waals surface area contributed by atoms with E-state index >= 15 is 0 Å². The van der Waals surface area contributed by atoms with Gasteiger partial charge >= 0.3 is 0 Å². The number of carbonyl (C=O) groups excluding carboxylic acids is 2. The van der Waals surface area contributed by atoms with E-state index in [9.17, 15) is 9.59 Å². The highest BCUT2D eigenvalue weighted by Crippen LogP contribution is 2.24. The van der Waals surface area contributed by atoms with Crippen LogP contribution in [0.1, 0.15) is 37.1 Å². The zero-order chi connectivity index (χ0) is 19.8. The summed E-state index contributed by atoms with van der Waals surface area (Å²) in [6.45, 7) is 4.13. The van der Waals surface area contributed by atoms with Gasteiger partial charge in [0.2, 0.25) is 11.8 Å². The van der Waals surface area contributed by atoms with Crippen molar-refractivity contribution in [2.24, 2.45) is 0 Å². The molecule has 2 heterocycles. The Bertz CT molecular complexity index is 781. The number of nitrogens with zero attached hydrogens (tertiary/aromatic N) is 1. The van der Waals surface area contributed by atoms with Gasteiger partial charge in [0.05, 0.1) is 12.3 Å². The van der Waals surface area contributed by atoms with Crippen molar-refractivity contribution in [3.63, 3.8) is 0 Å². The Hall–Kier alpha value is -2.86. The molecule has 1 aromatic carbocycles. The Morgan fingerprint density at radius 2 is 1.89 bits per heavy atom. The van der Waals surface area contributed by atoms with Gasteiger partial charge in [-0.05, 0) is 56.6 Å². The van der Waals surface area contributed by atoms with Gasteiger partial charge in [0, 0.05) is 12.6 Å². The molecule has 0 bridgehead atoms. The third kappa shape index (κ3) is 5.57. The summed E-state index contributed by atoms with van der Waals surface area (Å²) in [5.74, 6) is 0.343. The number of amides is 2. The first-order valence-corrected chi connectivity index (χ1v) is 9.72. The zero-order valence-corrected chi connectivity index (χ0v) is 16.1. The lowest BCUT2D eigenvalue weighted by atomic mass is 10.2. The molecule has 2 atom stereocenters. The molecule has 1 fully saturated rings. The molecule has 0 aliphatic carbocycles. The molecule has 0 saturated carbocycles. The number of nitrogens with one attached hydrogen (secondary N) is 2. The monoisotopic (exact) mass is 381 g/mol. The topological polar surface area (TPSA) is 74.6 Å². The van der Waals surface area contributed by atoms with Gasteiger partial charge in [0.25, 0.3) is 0 Å². The van der Waals surface area contributed by atoms with Crippen LogP contribution in [0.4, 0.5) is 0 Å².